The molecule has 0 unspecified atom stereocenters. The van der Waals surface area contributed by atoms with Gasteiger partial charge in [-0.05, 0) is 18.1 Å². The van der Waals surface area contributed by atoms with Crippen molar-refractivity contribution in [3.05, 3.63) is 53.5 Å². The van der Waals surface area contributed by atoms with E-state index in [-0.39, 0.29) is 102 Å². The highest BCUT2D eigenvalue weighted by atomic mass is 16.5. The van der Waals surface area contributed by atoms with E-state index in [0.29, 0.717) is 11.4 Å². The fourth-order valence-electron chi connectivity index (χ4n) is 5.41. The molecule has 3 heterocycles. The standard InChI is InChI=1S/C43H70N10O8/c1-31(14-35(54)39(2,3)4)19-50(44)27-58-23-43(24-59-28-51-20-32(18-45-51)15-36(55)40(5,6)7,25-60-29-52-21-33(46-48-52)16-37(56)41(8,9)10)26-61-30-53-22-34(47-49-53)17-38(57)42(11,12)13/h18-22H,14-17,23-30,44H2,1-13H3/b31-19+. The highest BCUT2D eigenvalue weighted by molar-refractivity contribution is 5.86. The van der Waals surface area contributed by atoms with Crippen LogP contribution in [0.2, 0.25) is 0 Å². The first-order chi connectivity index (χ1) is 28.1. The number of hydrogen-bond donors (Lipinski definition) is 1. The van der Waals surface area contributed by atoms with E-state index < -0.39 is 27.1 Å². The highest BCUT2D eigenvalue weighted by Gasteiger charge is 2.34. The lowest BCUT2D eigenvalue weighted by Crippen LogP contribution is -2.43. The Balaban J connectivity index is 1.83. The summed E-state index contributed by atoms with van der Waals surface area (Å²) in [6, 6.07) is 0. The molecule has 3 aromatic rings. The average molecular weight is 855 g/mol. The van der Waals surface area contributed by atoms with E-state index >= 15 is 0 Å². The Morgan fingerprint density at radius 3 is 1.46 bits per heavy atom. The van der Waals surface area contributed by atoms with Crippen LogP contribution in [-0.4, -0.2) is 101 Å². The molecule has 2 N–H and O–H groups in total. The normalized spacial score (nSPS) is 13.2. The van der Waals surface area contributed by atoms with Gasteiger partial charge in [-0.2, -0.15) is 5.10 Å². The van der Waals surface area contributed by atoms with Gasteiger partial charge in [-0.25, -0.2) is 19.9 Å². The molecule has 0 amide bonds. The lowest BCUT2D eigenvalue weighted by molar-refractivity contribution is -0.139. The number of carbonyl (C=O) groups excluding carboxylic acids is 4. The molecule has 0 aromatic carbocycles. The number of nitrogens with two attached hydrogens (primary N) is 1. The second kappa shape index (κ2) is 21.5. The number of Topliss-reactive ketones (excluding diaryl/α,β-unsaturated/α-hetero) is 4. The second-order valence-corrected chi connectivity index (χ2v) is 20.2. The first-order valence-electron chi connectivity index (χ1n) is 20.6. The minimum absolute atomic E-state index is 0.00374. The number of hydrogen-bond acceptors (Lipinski definition) is 15. The number of hydrazine groups is 1. The van der Waals surface area contributed by atoms with Crippen LogP contribution in [0.4, 0.5) is 0 Å². The molecule has 0 aliphatic carbocycles. The smallest absolute Gasteiger partial charge is 0.144 e. The van der Waals surface area contributed by atoms with Crippen LogP contribution in [0.25, 0.3) is 0 Å². The van der Waals surface area contributed by atoms with Crippen molar-refractivity contribution in [3.8, 4) is 0 Å². The third kappa shape index (κ3) is 17.8. The number of ketones is 4. The van der Waals surface area contributed by atoms with Gasteiger partial charge in [0.05, 0.1) is 74.7 Å². The quantitative estimate of drug-likeness (QED) is 0.0681. The Bertz CT molecular complexity index is 1760. The van der Waals surface area contributed by atoms with Gasteiger partial charge in [0, 0.05) is 46.9 Å². The molecule has 0 saturated carbocycles. The summed E-state index contributed by atoms with van der Waals surface area (Å²) in [7, 11) is 0. The monoisotopic (exact) mass is 855 g/mol. The molecule has 0 radical (unpaired) electrons. The Labute approximate surface area is 360 Å². The summed E-state index contributed by atoms with van der Waals surface area (Å²) in [6.45, 7) is 24.5. The summed E-state index contributed by atoms with van der Waals surface area (Å²) in [6.07, 6.45) is 9.24. The summed E-state index contributed by atoms with van der Waals surface area (Å²) in [4.78, 5) is 50.6. The van der Waals surface area contributed by atoms with Gasteiger partial charge in [0.2, 0.25) is 0 Å². The zero-order valence-electron chi connectivity index (χ0n) is 38.7. The van der Waals surface area contributed by atoms with E-state index in [0.717, 1.165) is 11.1 Å². The van der Waals surface area contributed by atoms with Gasteiger partial charge in [-0.15, -0.1) is 10.2 Å². The van der Waals surface area contributed by atoms with Gasteiger partial charge in [-0.3, -0.25) is 24.2 Å². The van der Waals surface area contributed by atoms with E-state index in [9.17, 15) is 19.2 Å². The second-order valence-electron chi connectivity index (χ2n) is 20.2. The van der Waals surface area contributed by atoms with Crippen molar-refractivity contribution in [2.75, 3.05) is 33.2 Å². The maximum Gasteiger partial charge on any atom is 0.144 e. The number of nitrogens with zero attached hydrogens (tertiary/aromatic N) is 9. The molecule has 0 aliphatic heterocycles. The molecule has 3 rings (SSSR count). The number of aromatic nitrogens is 8. The van der Waals surface area contributed by atoms with Gasteiger partial charge >= 0.3 is 0 Å². The van der Waals surface area contributed by atoms with E-state index in [1.54, 1.807) is 35.7 Å². The molecule has 18 nitrogen and oxygen atoms in total. The van der Waals surface area contributed by atoms with Crippen LogP contribution in [0, 0.1) is 27.1 Å². The molecule has 0 spiro atoms. The summed E-state index contributed by atoms with van der Waals surface area (Å²) < 4.78 is 29.6. The molecule has 0 saturated heterocycles. The van der Waals surface area contributed by atoms with Gasteiger partial charge < -0.3 is 18.9 Å². The molecule has 0 bridgehead atoms. The third-order valence-electron chi connectivity index (χ3n) is 9.62. The predicted octanol–water partition coefficient (Wildman–Crippen LogP) is 4.91. The SMILES string of the molecule is C/C(=C\N(N)COCC(COCn1cc(CC(=O)C(C)(C)C)cn1)(COCn1cc(CC(=O)C(C)(C)C)nn1)COCn1cc(CC(=O)C(C)(C)C)nn1)CC(=O)C(C)(C)C. The van der Waals surface area contributed by atoms with Crippen molar-refractivity contribution in [1.82, 2.24) is 44.8 Å². The first kappa shape index (κ1) is 50.9. The molecule has 0 aliphatic rings. The summed E-state index contributed by atoms with van der Waals surface area (Å²) in [5.74, 6) is 6.58. The maximum absolute atomic E-state index is 12.7. The van der Waals surface area contributed by atoms with E-state index in [1.165, 1.54) is 14.4 Å². The van der Waals surface area contributed by atoms with Crippen molar-refractivity contribution in [2.45, 2.75) is 136 Å². The van der Waals surface area contributed by atoms with Gasteiger partial charge in [0.25, 0.3) is 0 Å². The van der Waals surface area contributed by atoms with Crippen LogP contribution in [0.15, 0.2) is 36.6 Å². The molecule has 340 valence electrons. The molecular formula is C43H70N10O8. The van der Waals surface area contributed by atoms with E-state index in [2.05, 4.69) is 25.7 Å². The highest BCUT2D eigenvalue weighted by Crippen LogP contribution is 2.24. The van der Waals surface area contributed by atoms with Crippen molar-refractivity contribution in [3.63, 3.8) is 0 Å². The molecule has 0 fully saturated rings. The number of rotatable bonds is 25. The lowest BCUT2D eigenvalue weighted by atomic mass is 9.87. The number of ether oxygens (including phenoxy) is 4. The lowest BCUT2D eigenvalue weighted by Gasteiger charge is -2.33. The predicted molar refractivity (Wildman–Crippen MR) is 227 cm³/mol. The third-order valence-corrected chi connectivity index (χ3v) is 9.62. The van der Waals surface area contributed by atoms with Crippen LogP contribution in [-0.2, 0) is 77.6 Å². The van der Waals surface area contributed by atoms with Crippen molar-refractivity contribution in [2.24, 2.45) is 32.9 Å². The minimum atomic E-state index is -0.961. The number of carbonyl (C=O) groups is 4. The van der Waals surface area contributed by atoms with Gasteiger partial charge in [-0.1, -0.05) is 93.5 Å². The van der Waals surface area contributed by atoms with Crippen molar-refractivity contribution in [1.29, 1.82) is 0 Å². The topological polar surface area (TPSA) is 214 Å². The Morgan fingerprint density at radius 2 is 1.02 bits per heavy atom. The van der Waals surface area contributed by atoms with Crippen LogP contribution >= 0.6 is 0 Å². The van der Waals surface area contributed by atoms with Crippen LogP contribution in [0.1, 0.15) is 113 Å². The zero-order chi connectivity index (χ0) is 45.8. The molecular weight excluding hydrogens is 785 g/mol. The fourth-order valence-corrected chi connectivity index (χ4v) is 5.41. The summed E-state index contributed by atoms with van der Waals surface area (Å²) in [5, 5.41) is 22.4. The van der Waals surface area contributed by atoms with E-state index in [1.807, 2.05) is 90.0 Å². The molecule has 3 aromatic heterocycles. The Morgan fingerprint density at radius 1 is 0.607 bits per heavy atom. The molecule has 18 heteroatoms. The van der Waals surface area contributed by atoms with E-state index in [4.69, 9.17) is 24.8 Å². The molecule has 61 heavy (non-hydrogen) atoms. The zero-order valence-corrected chi connectivity index (χ0v) is 38.7. The Hall–Kier alpha value is -4.49. The van der Waals surface area contributed by atoms with Gasteiger partial charge in [0.1, 0.15) is 50.1 Å². The number of allylic oxidation sites excluding steroid dienone is 1. The molecule has 0 atom stereocenters. The first-order valence-corrected chi connectivity index (χ1v) is 20.6. The van der Waals surface area contributed by atoms with Crippen LogP contribution in [0.3, 0.4) is 0 Å². The van der Waals surface area contributed by atoms with Crippen molar-refractivity contribution >= 4 is 23.1 Å². The van der Waals surface area contributed by atoms with Crippen LogP contribution < -0.4 is 5.84 Å². The summed E-state index contributed by atoms with van der Waals surface area (Å²) >= 11 is 0. The Kier molecular flexibility index (Phi) is 18.0. The minimum Gasteiger partial charge on any atom is -0.359 e. The van der Waals surface area contributed by atoms with Crippen LogP contribution in [0.5, 0.6) is 0 Å². The fraction of sp³-hybridized carbons (Fsp3) is 0.698. The largest absolute Gasteiger partial charge is 0.359 e. The maximum atomic E-state index is 12.7. The van der Waals surface area contributed by atoms with Crippen molar-refractivity contribution < 1.29 is 38.1 Å². The average Bonchev–Trinajstić information content (AvgIpc) is 3.88. The van der Waals surface area contributed by atoms with Gasteiger partial charge in [0.15, 0.2) is 0 Å². The summed E-state index contributed by atoms with van der Waals surface area (Å²) in [5.41, 5.74) is -0.355.